The van der Waals surface area contributed by atoms with Crippen molar-refractivity contribution in [2.45, 2.75) is 20.8 Å². The second-order valence-electron chi connectivity index (χ2n) is 1.78. The Morgan fingerprint density at radius 1 is 1.45 bits per heavy atom. The summed E-state index contributed by atoms with van der Waals surface area (Å²) in [5, 5.41) is 4.87. The normalized spacial score (nSPS) is 8.45. The third kappa shape index (κ3) is 3.12. The Labute approximate surface area is 77.4 Å². The monoisotopic (exact) mass is 191 g/mol. The fraction of sp³-hybridized carbons (Fsp3) is 0.500. The first kappa shape index (κ1) is 10.8. The molecule has 1 N–H and O–H groups in total. The molecule has 0 amide bonds. The lowest BCUT2D eigenvalue weighted by Gasteiger charge is -1.90. The summed E-state index contributed by atoms with van der Waals surface area (Å²) in [5.41, 5.74) is 0. The van der Waals surface area contributed by atoms with Gasteiger partial charge < -0.3 is 5.32 Å². The molecule has 1 nitrogen and oxygen atoms in total. The third-order valence-corrected chi connectivity index (χ3v) is 2.52. The standard InChI is InChI=1S/C6H8ClNS.C2H6/c1-4-3-5(7)6(8-2)9-4;1-2/h3,8H,1-2H3;1-2H3. The highest BCUT2D eigenvalue weighted by Crippen LogP contribution is 2.30. The van der Waals surface area contributed by atoms with Crippen LogP contribution in [0.15, 0.2) is 6.07 Å². The number of thiophene rings is 1. The largest absolute Gasteiger partial charge is 0.379 e. The van der Waals surface area contributed by atoms with Gasteiger partial charge in [0.05, 0.1) is 5.02 Å². The van der Waals surface area contributed by atoms with Crippen LogP contribution in [-0.4, -0.2) is 7.05 Å². The molecule has 0 aliphatic rings. The van der Waals surface area contributed by atoms with Crippen LogP contribution < -0.4 is 5.32 Å². The minimum absolute atomic E-state index is 0.819. The SMILES string of the molecule is CC.CNc1sc(C)cc1Cl. The van der Waals surface area contributed by atoms with Crippen LogP contribution in [0.2, 0.25) is 5.02 Å². The minimum atomic E-state index is 0.819. The maximum Gasteiger partial charge on any atom is 0.107 e. The first-order valence-electron chi connectivity index (χ1n) is 3.67. The molecular formula is C8H14ClNS. The van der Waals surface area contributed by atoms with Crippen molar-refractivity contribution in [1.82, 2.24) is 0 Å². The van der Waals surface area contributed by atoms with Gasteiger partial charge in [-0.05, 0) is 13.0 Å². The summed E-state index contributed by atoms with van der Waals surface area (Å²) >= 11 is 7.46. The molecule has 1 aromatic rings. The van der Waals surface area contributed by atoms with Gasteiger partial charge in [-0.2, -0.15) is 0 Å². The highest BCUT2D eigenvalue weighted by Gasteiger charge is 1.99. The molecule has 1 aromatic heterocycles. The molecule has 0 saturated carbocycles. The van der Waals surface area contributed by atoms with E-state index in [0.29, 0.717) is 0 Å². The van der Waals surface area contributed by atoms with Crippen molar-refractivity contribution in [2.24, 2.45) is 0 Å². The van der Waals surface area contributed by atoms with Gasteiger partial charge in [0.15, 0.2) is 0 Å². The third-order valence-electron chi connectivity index (χ3n) is 1.04. The van der Waals surface area contributed by atoms with Crippen molar-refractivity contribution in [3.05, 3.63) is 16.0 Å². The van der Waals surface area contributed by atoms with Gasteiger partial charge in [0.1, 0.15) is 5.00 Å². The molecule has 64 valence electrons. The Hall–Kier alpha value is -0.210. The zero-order valence-electron chi connectivity index (χ0n) is 7.36. The highest BCUT2D eigenvalue weighted by atomic mass is 35.5. The van der Waals surface area contributed by atoms with E-state index in [4.69, 9.17) is 11.6 Å². The topological polar surface area (TPSA) is 12.0 Å². The van der Waals surface area contributed by atoms with Gasteiger partial charge in [-0.3, -0.25) is 0 Å². The fourth-order valence-corrected chi connectivity index (χ4v) is 1.85. The van der Waals surface area contributed by atoms with E-state index in [-0.39, 0.29) is 0 Å². The Balaban J connectivity index is 0.000000461. The van der Waals surface area contributed by atoms with Crippen LogP contribution in [0.25, 0.3) is 0 Å². The predicted octanol–water partition coefficient (Wildman–Crippen LogP) is 3.78. The van der Waals surface area contributed by atoms with E-state index >= 15 is 0 Å². The molecule has 1 heterocycles. The summed E-state index contributed by atoms with van der Waals surface area (Å²) < 4.78 is 0. The van der Waals surface area contributed by atoms with Gasteiger partial charge in [0.2, 0.25) is 0 Å². The van der Waals surface area contributed by atoms with Gasteiger partial charge in [0.25, 0.3) is 0 Å². The second-order valence-corrected chi connectivity index (χ2v) is 3.45. The summed E-state index contributed by atoms with van der Waals surface area (Å²) in [6.45, 7) is 6.04. The van der Waals surface area contributed by atoms with Crippen LogP contribution in [0.1, 0.15) is 18.7 Å². The van der Waals surface area contributed by atoms with E-state index in [1.807, 2.05) is 33.9 Å². The van der Waals surface area contributed by atoms with Crippen molar-refractivity contribution in [3.8, 4) is 0 Å². The van der Waals surface area contributed by atoms with Crippen LogP contribution in [0, 0.1) is 6.92 Å². The van der Waals surface area contributed by atoms with Crippen LogP contribution in [0.4, 0.5) is 5.00 Å². The number of aryl methyl sites for hydroxylation is 1. The number of halogens is 1. The zero-order chi connectivity index (χ0) is 8.85. The maximum absolute atomic E-state index is 5.79. The maximum atomic E-state index is 5.79. The van der Waals surface area contributed by atoms with E-state index in [9.17, 15) is 0 Å². The lowest BCUT2D eigenvalue weighted by Crippen LogP contribution is -1.81. The van der Waals surface area contributed by atoms with E-state index in [2.05, 4.69) is 5.32 Å². The van der Waals surface area contributed by atoms with Crippen molar-refractivity contribution in [2.75, 3.05) is 12.4 Å². The lowest BCUT2D eigenvalue weighted by molar-refractivity contribution is 1.50. The first-order chi connectivity index (χ1) is 5.24. The highest BCUT2D eigenvalue weighted by molar-refractivity contribution is 7.16. The number of anilines is 1. The van der Waals surface area contributed by atoms with Gasteiger partial charge >= 0.3 is 0 Å². The summed E-state index contributed by atoms with van der Waals surface area (Å²) in [4.78, 5) is 1.24. The van der Waals surface area contributed by atoms with E-state index in [0.717, 1.165) is 10.0 Å². The van der Waals surface area contributed by atoms with Gasteiger partial charge in [-0.15, -0.1) is 11.3 Å². The molecule has 3 heteroatoms. The quantitative estimate of drug-likeness (QED) is 0.713. The Bertz CT molecular complexity index is 208. The minimum Gasteiger partial charge on any atom is -0.379 e. The smallest absolute Gasteiger partial charge is 0.107 e. The molecule has 0 bridgehead atoms. The molecule has 0 atom stereocenters. The summed E-state index contributed by atoms with van der Waals surface area (Å²) in [7, 11) is 1.87. The molecule has 0 saturated heterocycles. The average molecular weight is 192 g/mol. The molecule has 0 aliphatic carbocycles. The lowest BCUT2D eigenvalue weighted by atomic mass is 10.5. The van der Waals surface area contributed by atoms with Crippen molar-refractivity contribution in [3.63, 3.8) is 0 Å². The fourth-order valence-electron chi connectivity index (χ4n) is 0.654. The summed E-state index contributed by atoms with van der Waals surface area (Å²) in [6.07, 6.45) is 0. The number of nitrogens with one attached hydrogen (secondary N) is 1. The van der Waals surface area contributed by atoms with E-state index < -0.39 is 0 Å². The second kappa shape index (κ2) is 5.44. The van der Waals surface area contributed by atoms with Crippen molar-refractivity contribution in [1.29, 1.82) is 0 Å². The van der Waals surface area contributed by atoms with Crippen LogP contribution in [0.5, 0.6) is 0 Å². The van der Waals surface area contributed by atoms with Gasteiger partial charge in [-0.1, -0.05) is 25.4 Å². The molecule has 1 rings (SSSR count). The van der Waals surface area contributed by atoms with Crippen LogP contribution in [-0.2, 0) is 0 Å². The Morgan fingerprint density at radius 3 is 2.18 bits per heavy atom. The Morgan fingerprint density at radius 2 is 2.00 bits per heavy atom. The van der Waals surface area contributed by atoms with Crippen molar-refractivity contribution < 1.29 is 0 Å². The zero-order valence-corrected chi connectivity index (χ0v) is 8.94. The molecule has 0 fully saturated rings. The number of hydrogen-bond acceptors (Lipinski definition) is 2. The molecule has 0 aliphatic heterocycles. The number of rotatable bonds is 1. The molecule has 0 aromatic carbocycles. The Kier molecular flexibility index (Phi) is 5.34. The molecule has 0 spiro atoms. The first-order valence-corrected chi connectivity index (χ1v) is 4.87. The molecule has 0 radical (unpaired) electrons. The number of hydrogen-bond donors (Lipinski definition) is 1. The van der Waals surface area contributed by atoms with Crippen LogP contribution >= 0.6 is 22.9 Å². The summed E-state index contributed by atoms with van der Waals surface area (Å²) in [5.74, 6) is 0. The predicted molar refractivity (Wildman–Crippen MR) is 55.0 cm³/mol. The summed E-state index contributed by atoms with van der Waals surface area (Å²) in [6, 6.07) is 1.96. The van der Waals surface area contributed by atoms with Crippen molar-refractivity contribution >= 4 is 27.9 Å². The molecule has 11 heavy (non-hydrogen) atoms. The molecular weight excluding hydrogens is 178 g/mol. The molecule has 0 unspecified atom stereocenters. The average Bonchev–Trinajstić information content (AvgIpc) is 2.33. The van der Waals surface area contributed by atoms with Crippen LogP contribution in [0.3, 0.4) is 0 Å². The van der Waals surface area contributed by atoms with Gasteiger partial charge in [-0.25, -0.2) is 0 Å². The van der Waals surface area contributed by atoms with E-state index in [1.165, 1.54) is 4.88 Å². The van der Waals surface area contributed by atoms with Gasteiger partial charge in [0, 0.05) is 11.9 Å². The van der Waals surface area contributed by atoms with E-state index in [1.54, 1.807) is 11.3 Å².